The van der Waals surface area contributed by atoms with Crippen molar-refractivity contribution in [2.45, 2.75) is 25.7 Å². The Morgan fingerprint density at radius 1 is 1.23 bits per heavy atom. The first kappa shape index (κ1) is 22.8. The summed E-state index contributed by atoms with van der Waals surface area (Å²) in [6.07, 6.45) is -1.14. The van der Waals surface area contributed by atoms with Crippen molar-refractivity contribution in [1.82, 2.24) is 20.1 Å². The lowest BCUT2D eigenvalue weighted by molar-refractivity contribution is -0.181. The molecule has 0 radical (unpaired) electrons. The molecule has 0 amide bonds. The second-order valence-corrected chi connectivity index (χ2v) is 7.20. The molecular formula is C21H25F4N5O. The molecule has 0 spiro atoms. The van der Waals surface area contributed by atoms with Gasteiger partial charge in [-0.2, -0.15) is 13.2 Å². The molecule has 1 aromatic carbocycles. The van der Waals surface area contributed by atoms with Gasteiger partial charge in [0, 0.05) is 46.0 Å². The van der Waals surface area contributed by atoms with E-state index in [0.717, 1.165) is 0 Å². The first-order valence-corrected chi connectivity index (χ1v) is 9.90. The SMILES string of the molecule is CN=C(NCc1ccc(Oc2cccnc2)c(F)c1)N1CCN(C(C)C(F)(F)F)CC1. The third-order valence-electron chi connectivity index (χ3n) is 5.16. The second-order valence-electron chi connectivity index (χ2n) is 7.20. The average molecular weight is 439 g/mol. The Labute approximate surface area is 178 Å². The molecule has 1 saturated heterocycles. The largest absolute Gasteiger partial charge is 0.453 e. The number of aliphatic imine (C=N–C) groups is 1. The van der Waals surface area contributed by atoms with Crippen LogP contribution in [0, 0.1) is 5.82 Å². The Balaban J connectivity index is 1.53. The highest BCUT2D eigenvalue weighted by Crippen LogP contribution is 2.26. The van der Waals surface area contributed by atoms with Gasteiger partial charge >= 0.3 is 6.18 Å². The maximum Gasteiger partial charge on any atom is 0.403 e. The number of hydrogen-bond donors (Lipinski definition) is 1. The summed E-state index contributed by atoms with van der Waals surface area (Å²) in [6, 6.07) is 6.55. The highest BCUT2D eigenvalue weighted by molar-refractivity contribution is 5.80. The highest BCUT2D eigenvalue weighted by Gasteiger charge is 2.41. The van der Waals surface area contributed by atoms with Crippen LogP contribution in [0.25, 0.3) is 0 Å². The Kier molecular flexibility index (Phi) is 7.32. The van der Waals surface area contributed by atoms with E-state index < -0.39 is 18.0 Å². The van der Waals surface area contributed by atoms with Gasteiger partial charge in [-0.25, -0.2) is 4.39 Å². The lowest BCUT2D eigenvalue weighted by atomic mass is 10.2. The number of guanidine groups is 1. The van der Waals surface area contributed by atoms with E-state index >= 15 is 0 Å². The van der Waals surface area contributed by atoms with Gasteiger partial charge in [-0.05, 0) is 36.8 Å². The molecule has 3 rings (SSSR count). The van der Waals surface area contributed by atoms with Crippen LogP contribution in [0.5, 0.6) is 11.5 Å². The molecule has 0 saturated carbocycles. The van der Waals surface area contributed by atoms with Crippen LogP contribution in [-0.2, 0) is 6.54 Å². The van der Waals surface area contributed by atoms with Crippen molar-refractivity contribution in [2.24, 2.45) is 4.99 Å². The summed E-state index contributed by atoms with van der Waals surface area (Å²) in [7, 11) is 1.61. The van der Waals surface area contributed by atoms with Gasteiger partial charge < -0.3 is 15.0 Å². The van der Waals surface area contributed by atoms with Gasteiger partial charge in [0.2, 0.25) is 0 Å². The summed E-state index contributed by atoms with van der Waals surface area (Å²) >= 11 is 0. The van der Waals surface area contributed by atoms with E-state index in [0.29, 0.717) is 36.9 Å². The number of halogens is 4. The van der Waals surface area contributed by atoms with Crippen LogP contribution < -0.4 is 10.1 Å². The summed E-state index contributed by atoms with van der Waals surface area (Å²) in [5.41, 5.74) is 0.682. The molecule has 0 aliphatic carbocycles. The normalized spacial score (nSPS) is 16.8. The van der Waals surface area contributed by atoms with Gasteiger partial charge in [-0.3, -0.25) is 14.9 Å². The predicted octanol–water partition coefficient (Wildman–Crippen LogP) is 3.66. The fraction of sp³-hybridized carbons (Fsp3) is 0.429. The molecule has 168 valence electrons. The van der Waals surface area contributed by atoms with Crippen molar-refractivity contribution in [1.29, 1.82) is 0 Å². The number of pyridine rings is 1. The Morgan fingerprint density at radius 2 is 1.97 bits per heavy atom. The quantitative estimate of drug-likeness (QED) is 0.438. The third kappa shape index (κ3) is 6.06. The van der Waals surface area contributed by atoms with E-state index in [1.165, 1.54) is 24.1 Å². The van der Waals surface area contributed by atoms with E-state index in [2.05, 4.69) is 15.3 Å². The Bertz CT molecular complexity index is 883. The number of alkyl halides is 3. The van der Waals surface area contributed by atoms with Crippen LogP contribution in [0.1, 0.15) is 12.5 Å². The maximum atomic E-state index is 14.4. The van der Waals surface area contributed by atoms with Gasteiger partial charge in [-0.15, -0.1) is 0 Å². The first-order chi connectivity index (χ1) is 14.8. The summed E-state index contributed by atoms with van der Waals surface area (Å²) in [5, 5.41) is 3.14. The van der Waals surface area contributed by atoms with Gasteiger partial charge in [0.1, 0.15) is 11.8 Å². The van der Waals surface area contributed by atoms with E-state index in [4.69, 9.17) is 4.74 Å². The molecule has 2 aromatic rings. The van der Waals surface area contributed by atoms with Crippen molar-refractivity contribution in [3.63, 3.8) is 0 Å². The molecule has 1 fully saturated rings. The molecule has 10 heteroatoms. The third-order valence-corrected chi connectivity index (χ3v) is 5.16. The predicted molar refractivity (Wildman–Crippen MR) is 110 cm³/mol. The van der Waals surface area contributed by atoms with Crippen LogP contribution in [-0.4, -0.2) is 66.2 Å². The van der Waals surface area contributed by atoms with Crippen LogP contribution >= 0.6 is 0 Å². The van der Waals surface area contributed by atoms with E-state index in [9.17, 15) is 17.6 Å². The topological polar surface area (TPSA) is 53.0 Å². The average Bonchev–Trinajstić information content (AvgIpc) is 2.76. The Hall–Kier alpha value is -2.88. The molecule has 1 aromatic heterocycles. The standard InChI is InChI=1S/C21H25F4N5O/c1-15(21(23,24)25)29-8-10-30(11-9-29)20(26-2)28-13-16-5-6-19(18(22)12-16)31-17-4-3-7-27-14-17/h3-7,12,14-15H,8-11,13H2,1-2H3,(H,26,28). The summed E-state index contributed by atoms with van der Waals surface area (Å²) in [5.74, 6) is 0.589. The van der Waals surface area contributed by atoms with Crippen molar-refractivity contribution < 1.29 is 22.3 Å². The monoisotopic (exact) mass is 439 g/mol. The fourth-order valence-corrected chi connectivity index (χ4v) is 3.31. The number of rotatable bonds is 5. The van der Waals surface area contributed by atoms with Gasteiger partial charge in [0.25, 0.3) is 0 Å². The number of ether oxygens (including phenoxy) is 1. The van der Waals surface area contributed by atoms with Gasteiger partial charge in [0.05, 0.1) is 6.20 Å². The molecule has 6 nitrogen and oxygen atoms in total. The lowest BCUT2D eigenvalue weighted by Gasteiger charge is -2.39. The number of nitrogens with one attached hydrogen (secondary N) is 1. The van der Waals surface area contributed by atoms with E-state index in [1.807, 2.05) is 4.90 Å². The number of piperazine rings is 1. The fourth-order valence-electron chi connectivity index (χ4n) is 3.31. The smallest absolute Gasteiger partial charge is 0.403 e. The molecule has 31 heavy (non-hydrogen) atoms. The minimum absolute atomic E-state index is 0.0936. The van der Waals surface area contributed by atoms with Crippen molar-refractivity contribution >= 4 is 5.96 Å². The molecule has 0 bridgehead atoms. The zero-order valence-electron chi connectivity index (χ0n) is 17.4. The maximum absolute atomic E-state index is 14.4. The van der Waals surface area contributed by atoms with Crippen molar-refractivity contribution in [3.05, 3.63) is 54.1 Å². The van der Waals surface area contributed by atoms with Crippen LogP contribution in [0.2, 0.25) is 0 Å². The molecule has 1 N–H and O–H groups in total. The summed E-state index contributed by atoms with van der Waals surface area (Å²) < 4.78 is 58.6. The number of nitrogens with zero attached hydrogens (tertiary/aromatic N) is 4. The lowest BCUT2D eigenvalue weighted by Crippen LogP contribution is -2.56. The Morgan fingerprint density at radius 3 is 2.55 bits per heavy atom. The summed E-state index contributed by atoms with van der Waals surface area (Å²) in [6.45, 7) is 2.92. The second kappa shape index (κ2) is 9.95. The highest BCUT2D eigenvalue weighted by atomic mass is 19.4. The zero-order valence-corrected chi connectivity index (χ0v) is 17.4. The number of aromatic nitrogens is 1. The van der Waals surface area contributed by atoms with Crippen molar-refractivity contribution in [2.75, 3.05) is 33.2 Å². The molecule has 1 aliphatic rings. The van der Waals surface area contributed by atoms with Gasteiger partial charge in [0.15, 0.2) is 17.5 Å². The first-order valence-electron chi connectivity index (χ1n) is 9.90. The number of benzene rings is 1. The van der Waals surface area contributed by atoms with E-state index in [1.54, 1.807) is 37.5 Å². The van der Waals surface area contributed by atoms with Crippen LogP contribution in [0.3, 0.4) is 0 Å². The molecule has 1 aliphatic heterocycles. The van der Waals surface area contributed by atoms with E-state index in [-0.39, 0.29) is 18.8 Å². The molecule has 1 unspecified atom stereocenters. The molecular weight excluding hydrogens is 414 g/mol. The minimum Gasteiger partial charge on any atom is -0.453 e. The summed E-state index contributed by atoms with van der Waals surface area (Å²) in [4.78, 5) is 11.4. The zero-order chi connectivity index (χ0) is 22.4. The number of hydrogen-bond acceptors (Lipinski definition) is 4. The minimum atomic E-state index is -4.24. The van der Waals surface area contributed by atoms with Crippen molar-refractivity contribution in [3.8, 4) is 11.5 Å². The van der Waals surface area contributed by atoms with Gasteiger partial charge in [-0.1, -0.05) is 6.07 Å². The van der Waals surface area contributed by atoms with Crippen LogP contribution in [0.4, 0.5) is 17.6 Å². The molecule has 1 atom stereocenters. The molecule has 2 heterocycles. The van der Waals surface area contributed by atoms with Crippen LogP contribution in [0.15, 0.2) is 47.7 Å².